The van der Waals surface area contributed by atoms with E-state index in [4.69, 9.17) is 10.8 Å². The summed E-state index contributed by atoms with van der Waals surface area (Å²) in [5.41, 5.74) is 6.92. The van der Waals surface area contributed by atoms with Crippen molar-refractivity contribution >= 4 is 27.6 Å². The molecule has 0 fully saturated rings. The molecule has 0 saturated heterocycles. The fraction of sp³-hybridized carbons (Fsp3) is 0.300. The first-order valence-corrected chi connectivity index (χ1v) is 5.13. The lowest BCUT2D eigenvalue weighted by Gasteiger charge is -2.12. The fourth-order valence-electron chi connectivity index (χ4n) is 1.37. The van der Waals surface area contributed by atoms with E-state index in [1.165, 1.54) is 0 Å². The number of halogens is 1. The smallest absolute Gasteiger partial charge is 0.311 e. The maximum absolute atomic E-state index is 10.9. The van der Waals surface area contributed by atoms with Crippen molar-refractivity contribution < 1.29 is 9.90 Å². The second-order valence-corrected chi connectivity index (χ2v) is 3.99. The third-order valence-corrected chi connectivity index (χ3v) is 2.62. The van der Waals surface area contributed by atoms with Crippen LogP contribution in [0.3, 0.4) is 0 Å². The molecule has 3 nitrogen and oxygen atoms in total. The number of aliphatic carboxylic acids is 1. The Morgan fingerprint density at radius 1 is 1.64 bits per heavy atom. The zero-order valence-electron chi connectivity index (χ0n) is 7.83. The Balaban J connectivity index is 3.15. The first kappa shape index (κ1) is 11.0. The lowest BCUT2D eigenvalue weighted by molar-refractivity contribution is -0.138. The molecule has 1 aromatic carbocycles. The fourth-order valence-corrected chi connectivity index (χ4v) is 1.75. The van der Waals surface area contributed by atoms with Crippen LogP contribution in [-0.2, 0) is 4.79 Å². The summed E-state index contributed by atoms with van der Waals surface area (Å²) >= 11 is 3.29. The number of carboxylic acid groups (broad SMARTS) is 1. The van der Waals surface area contributed by atoms with Crippen LogP contribution in [0.2, 0.25) is 0 Å². The van der Waals surface area contributed by atoms with Crippen molar-refractivity contribution in [1.29, 1.82) is 0 Å². The van der Waals surface area contributed by atoms with E-state index in [1.807, 2.05) is 6.92 Å². The Morgan fingerprint density at radius 2 is 2.29 bits per heavy atom. The van der Waals surface area contributed by atoms with E-state index in [0.717, 1.165) is 4.47 Å². The summed E-state index contributed by atoms with van der Waals surface area (Å²) in [4.78, 5) is 10.9. The summed E-state index contributed by atoms with van der Waals surface area (Å²) in [6, 6.07) is 5.27. The largest absolute Gasteiger partial charge is 0.481 e. The Bertz CT molecular complexity index is 352. The summed E-state index contributed by atoms with van der Waals surface area (Å²) < 4.78 is 0.849. The zero-order chi connectivity index (χ0) is 10.7. The zero-order valence-corrected chi connectivity index (χ0v) is 9.41. The summed E-state index contributed by atoms with van der Waals surface area (Å²) in [6.45, 7) is 1.83. The third kappa shape index (κ3) is 2.26. The molecule has 1 atom stereocenters. The number of benzene rings is 1. The third-order valence-electron chi connectivity index (χ3n) is 2.13. The van der Waals surface area contributed by atoms with Crippen molar-refractivity contribution in [2.24, 2.45) is 0 Å². The lowest BCUT2D eigenvalue weighted by Crippen LogP contribution is -2.12. The Morgan fingerprint density at radius 3 is 2.79 bits per heavy atom. The summed E-state index contributed by atoms with van der Waals surface area (Å²) in [6.07, 6.45) is 0.538. The summed E-state index contributed by atoms with van der Waals surface area (Å²) in [5, 5.41) is 8.97. The molecule has 76 valence electrons. The molecule has 4 heteroatoms. The van der Waals surface area contributed by atoms with Gasteiger partial charge in [0, 0.05) is 10.2 Å². The highest BCUT2D eigenvalue weighted by Crippen LogP contribution is 2.28. The van der Waals surface area contributed by atoms with Crippen LogP contribution < -0.4 is 5.73 Å². The first-order chi connectivity index (χ1) is 6.56. The molecule has 0 heterocycles. The maximum atomic E-state index is 10.9. The minimum absolute atomic E-state index is 0.521. The summed E-state index contributed by atoms with van der Waals surface area (Å²) in [7, 11) is 0. The minimum Gasteiger partial charge on any atom is -0.481 e. The molecule has 1 rings (SSSR count). The van der Waals surface area contributed by atoms with Crippen molar-refractivity contribution in [2.45, 2.75) is 19.3 Å². The maximum Gasteiger partial charge on any atom is 0.311 e. The number of rotatable bonds is 3. The number of carbonyl (C=O) groups is 1. The standard InChI is InChI=1S/C10H12BrNO2/c1-2-7(10(13)14)8-5-6(11)3-4-9(8)12/h3-5,7H,2,12H2,1H3,(H,13,14). The normalized spacial score (nSPS) is 12.4. The number of hydrogen-bond donors (Lipinski definition) is 2. The van der Waals surface area contributed by atoms with E-state index in [1.54, 1.807) is 18.2 Å². The second-order valence-electron chi connectivity index (χ2n) is 3.07. The van der Waals surface area contributed by atoms with E-state index in [-0.39, 0.29) is 0 Å². The molecule has 1 unspecified atom stereocenters. The van der Waals surface area contributed by atoms with Gasteiger partial charge in [0.1, 0.15) is 0 Å². The molecule has 0 aliphatic rings. The van der Waals surface area contributed by atoms with Gasteiger partial charge in [-0.25, -0.2) is 0 Å². The van der Waals surface area contributed by atoms with Gasteiger partial charge in [-0.15, -0.1) is 0 Å². The van der Waals surface area contributed by atoms with Crippen LogP contribution in [-0.4, -0.2) is 11.1 Å². The van der Waals surface area contributed by atoms with Gasteiger partial charge in [-0.05, 0) is 30.2 Å². The molecule has 14 heavy (non-hydrogen) atoms. The lowest BCUT2D eigenvalue weighted by atomic mass is 9.95. The van der Waals surface area contributed by atoms with Gasteiger partial charge in [-0.3, -0.25) is 4.79 Å². The summed E-state index contributed by atoms with van der Waals surface area (Å²) in [5.74, 6) is -1.36. The van der Waals surface area contributed by atoms with Crippen molar-refractivity contribution in [2.75, 3.05) is 5.73 Å². The van der Waals surface area contributed by atoms with E-state index in [2.05, 4.69) is 15.9 Å². The molecule has 1 aromatic rings. The first-order valence-electron chi connectivity index (χ1n) is 4.34. The number of nitrogen functional groups attached to an aromatic ring is 1. The number of nitrogens with two attached hydrogens (primary N) is 1. The van der Waals surface area contributed by atoms with Crippen molar-refractivity contribution in [3.05, 3.63) is 28.2 Å². The van der Waals surface area contributed by atoms with Gasteiger partial charge in [-0.2, -0.15) is 0 Å². The molecule has 0 amide bonds. The Kier molecular flexibility index (Phi) is 3.52. The van der Waals surface area contributed by atoms with Crippen molar-refractivity contribution in [3.63, 3.8) is 0 Å². The van der Waals surface area contributed by atoms with Crippen LogP contribution in [0.25, 0.3) is 0 Å². The van der Waals surface area contributed by atoms with Crippen molar-refractivity contribution in [3.8, 4) is 0 Å². The Hall–Kier alpha value is -1.03. The molecule has 0 aliphatic carbocycles. The van der Waals surface area contributed by atoms with Crippen LogP contribution in [0.1, 0.15) is 24.8 Å². The van der Waals surface area contributed by atoms with Crippen molar-refractivity contribution in [1.82, 2.24) is 0 Å². The van der Waals surface area contributed by atoms with Gasteiger partial charge < -0.3 is 10.8 Å². The average Bonchev–Trinajstić information content (AvgIpc) is 2.11. The predicted molar refractivity (Wildman–Crippen MR) is 59.2 cm³/mol. The molecule has 0 bridgehead atoms. The van der Waals surface area contributed by atoms with Gasteiger partial charge in [0.25, 0.3) is 0 Å². The predicted octanol–water partition coefficient (Wildman–Crippen LogP) is 2.61. The SMILES string of the molecule is CCC(C(=O)O)c1cc(Br)ccc1N. The average molecular weight is 258 g/mol. The van der Waals surface area contributed by atoms with Crippen LogP contribution >= 0.6 is 15.9 Å². The van der Waals surface area contributed by atoms with Crippen LogP contribution in [0.4, 0.5) is 5.69 Å². The molecule has 0 spiro atoms. The van der Waals surface area contributed by atoms with E-state index < -0.39 is 11.9 Å². The van der Waals surface area contributed by atoms with Gasteiger partial charge in [0.2, 0.25) is 0 Å². The second kappa shape index (κ2) is 4.46. The van der Waals surface area contributed by atoms with Crippen LogP contribution in [0, 0.1) is 0 Å². The molecule has 0 saturated carbocycles. The van der Waals surface area contributed by atoms with E-state index in [0.29, 0.717) is 17.7 Å². The highest BCUT2D eigenvalue weighted by molar-refractivity contribution is 9.10. The number of carboxylic acids is 1. The minimum atomic E-state index is -0.836. The molecular weight excluding hydrogens is 246 g/mol. The topological polar surface area (TPSA) is 63.3 Å². The van der Waals surface area contributed by atoms with Gasteiger partial charge in [-0.1, -0.05) is 22.9 Å². The highest BCUT2D eigenvalue weighted by Gasteiger charge is 2.19. The molecule has 0 radical (unpaired) electrons. The highest BCUT2D eigenvalue weighted by atomic mass is 79.9. The van der Waals surface area contributed by atoms with E-state index >= 15 is 0 Å². The monoisotopic (exact) mass is 257 g/mol. The van der Waals surface area contributed by atoms with Crippen LogP contribution in [0.5, 0.6) is 0 Å². The van der Waals surface area contributed by atoms with Gasteiger partial charge in [0.05, 0.1) is 5.92 Å². The number of hydrogen-bond acceptors (Lipinski definition) is 2. The van der Waals surface area contributed by atoms with Gasteiger partial charge in [0.15, 0.2) is 0 Å². The molecule has 3 N–H and O–H groups in total. The molecule has 0 aliphatic heterocycles. The number of anilines is 1. The van der Waals surface area contributed by atoms with Crippen LogP contribution in [0.15, 0.2) is 22.7 Å². The quantitative estimate of drug-likeness (QED) is 0.819. The molecule has 0 aromatic heterocycles. The van der Waals surface area contributed by atoms with E-state index in [9.17, 15) is 4.79 Å². The van der Waals surface area contributed by atoms with Gasteiger partial charge >= 0.3 is 5.97 Å². The Labute approximate surface area is 91.1 Å². The molecular formula is C10H12BrNO2.